The minimum absolute atomic E-state index is 0.781. The predicted octanol–water partition coefficient (Wildman–Crippen LogP) is 2.17. The molecular formula is C18H44N4O2. The fraction of sp³-hybridized carbons (Fsp3) is 0.889. The van der Waals surface area contributed by atoms with Crippen LogP contribution in [0.2, 0.25) is 0 Å². The molecule has 0 aromatic heterocycles. The van der Waals surface area contributed by atoms with E-state index in [4.69, 9.17) is 0 Å². The molecule has 0 radical (unpaired) electrons. The van der Waals surface area contributed by atoms with Gasteiger partial charge in [0.25, 0.3) is 0 Å². The molecule has 1 rings (SSSR count). The molecule has 1 fully saturated rings. The maximum atomic E-state index is 10.4. The Balaban J connectivity index is -0.000000134. The van der Waals surface area contributed by atoms with Gasteiger partial charge in [-0.25, -0.2) is 0 Å². The number of rotatable bonds is 5. The van der Waals surface area contributed by atoms with Crippen LogP contribution in [-0.4, -0.2) is 62.9 Å². The van der Waals surface area contributed by atoms with Gasteiger partial charge in [-0.1, -0.05) is 27.7 Å². The lowest BCUT2D eigenvalue weighted by molar-refractivity contribution is -0.119. The summed E-state index contributed by atoms with van der Waals surface area (Å²) in [6.07, 6.45) is 4.21. The summed E-state index contributed by atoms with van der Waals surface area (Å²) in [6, 6.07) is 0. The molecule has 1 aliphatic heterocycles. The normalized spacial score (nSPS) is 12.7. The molecule has 6 nitrogen and oxygen atoms in total. The molecule has 24 heavy (non-hydrogen) atoms. The second-order valence-electron chi connectivity index (χ2n) is 5.05. The van der Waals surface area contributed by atoms with Crippen molar-refractivity contribution in [2.75, 3.05) is 40.3 Å². The number of carbonyl (C=O) groups excluding carboxylic acids is 2. The highest BCUT2D eigenvalue weighted by Crippen LogP contribution is 2.23. The van der Waals surface area contributed by atoms with Gasteiger partial charge >= 0.3 is 0 Å². The molecule has 6 heteroatoms. The summed E-state index contributed by atoms with van der Waals surface area (Å²) in [4.78, 5) is 23.8. The first kappa shape index (κ1) is 30.7. The molecule has 0 saturated carbocycles. The minimum Gasteiger partial charge on any atom is -0.346 e. The number of hydrogen-bond acceptors (Lipinski definition) is 4. The summed E-state index contributed by atoms with van der Waals surface area (Å²) >= 11 is 0. The molecule has 1 heterocycles. The summed E-state index contributed by atoms with van der Waals surface area (Å²) in [5.41, 5.74) is 9.00. The molecule has 0 aromatic rings. The molecule has 148 valence electrons. The smallest absolute Gasteiger partial charge is 0.209 e. The molecule has 0 bridgehead atoms. The Morgan fingerprint density at radius 2 is 1.38 bits per heavy atom. The van der Waals surface area contributed by atoms with Gasteiger partial charge in [0.2, 0.25) is 12.8 Å². The Kier molecular flexibility index (Phi) is 34.2. The van der Waals surface area contributed by atoms with Gasteiger partial charge in [0.1, 0.15) is 0 Å². The van der Waals surface area contributed by atoms with Gasteiger partial charge in [-0.05, 0) is 52.6 Å². The van der Waals surface area contributed by atoms with Crippen LogP contribution in [0.5, 0.6) is 0 Å². The summed E-state index contributed by atoms with van der Waals surface area (Å²) in [6.45, 7) is 16.0. The largest absolute Gasteiger partial charge is 0.346 e. The van der Waals surface area contributed by atoms with Crippen LogP contribution in [0.25, 0.3) is 0 Å². The average Bonchev–Trinajstić information content (AvgIpc) is 2.68. The maximum Gasteiger partial charge on any atom is 0.209 e. The molecular weight excluding hydrogens is 304 g/mol. The van der Waals surface area contributed by atoms with E-state index in [-0.39, 0.29) is 0 Å². The summed E-state index contributed by atoms with van der Waals surface area (Å²) in [5.74, 6) is 1.62. The van der Waals surface area contributed by atoms with Gasteiger partial charge in [-0.15, -0.1) is 0 Å². The number of carbonyl (C=O) groups is 2. The first-order chi connectivity index (χ1) is 11.6. The Morgan fingerprint density at radius 3 is 1.54 bits per heavy atom. The summed E-state index contributed by atoms with van der Waals surface area (Å²) in [5, 5.41) is 0. The lowest BCUT2D eigenvalue weighted by atomic mass is 9.87. The molecule has 2 amide bonds. The molecule has 1 aliphatic rings. The van der Waals surface area contributed by atoms with E-state index in [1.54, 1.807) is 4.90 Å². The fourth-order valence-electron chi connectivity index (χ4n) is 2.06. The average molecular weight is 349 g/mol. The third-order valence-corrected chi connectivity index (χ3v) is 3.63. The number of amides is 2. The topological polar surface area (TPSA) is 92.7 Å². The first-order valence-corrected chi connectivity index (χ1v) is 9.13. The van der Waals surface area contributed by atoms with Crippen molar-refractivity contribution in [2.24, 2.45) is 23.3 Å². The fourth-order valence-corrected chi connectivity index (χ4v) is 2.06. The molecule has 0 aromatic carbocycles. The lowest BCUT2D eigenvalue weighted by Crippen LogP contribution is -2.34. The zero-order valence-electron chi connectivity index (χ0n) is 17.4. The van der Waals surface area contributed by atoms with Crippen LogP contribution in [0.3, 0.4) is 0 Å². The van der Waals surface area contributed by atoms with E-state index in [1.165, 1.54) is 26.9 Å². The van der Waals surface area contributed by atoms with Crippen molar-refractivity contribution in [3.8, 4) is 0 Å². The van der Waals surface area contributed by atoms with E-state index in [9.17, 15) is 9.59 Å². The van der Waals surface area contributed by atoms with E-state index in [0.717, 1.165) is 50.8 Å². The number of likely N-dealkylation sites (tertiary alicyclic amines) is 1. The van der Waals surface area contributed by atoms with Gasteiger partial charge < -0.3 is 21.3 Å². The Hall–Kier alpha value is -1.14. The summed E-state index contributed by atoms with van der Waals surface area (Å²) in [7, 11) is 3.00. The van der Waals surface area contributed by atoms with Crippen LogP contribution < -0.4 is 11.5 Å². The van der Waals surface area contributed by atoms with Gasteiger partial charge in [-0.3, -0.25) is 9.59 Å². The third-order valence-electron chi connectivity index (χ3n) is 3.63. The first-order valence-electron chi connectivity index (χ1n) is 9.13. The van der Waals surface area contributed by atoms with Crippen molar-refractivity contribution in [3.05, 3.63) is 0 Å². The highest BCUT2D eigenvalue weighted by atomic mass is 16.1. The highest BCUT2D eigenvalue weighted by Gasteiger charge is 2.19. The number of nitrogens with two attached hydrogens (primary N) is 2. The number of piperidine rings is 1. The van der Waals surface area contributed by atoms with Gasteiger partial charge in [-0.2, -0.15) is 0 Å². The number of nitrogens with zero attached hydrogens (tertiary/aromatic N) is 2. The summed E-state index contributed by atoms with van der Waals surface area (Å²) < 4.78 is 0. The van der Waals surface area contributed by atoms with Crippen LogP contribution >= 0.6 is 0 Å². The SMILES string of the molecule is CC.CC(C)C1CCN(C=O)CC1.CCN(C=O)CC.CN.CN. The third kappa shape index (κ3) is 18.9. The zero-order chi connectivity index (χ0) is 20.0. The van der Waals surface area contributed by atoms with Crippen molar-refractivity contribution in [3.63, 3.8) is 0 Å². The molecule has 0 unspecified atom stereocenters. The van der Waals surface area contributed by atoms with E-state index < -0.39 is 0 Å². The monoisotopic (exact) mass is 348 g/mol. The van der Waals surface area contributed by atoms with Crippen LogP contribution in [-0.2, 0) is 9.59 Å². The van der Waals surface area contributed by atoms with Crippen LogP contribution in [0.15, 0.2) is 0 Å². The van der Waals surface area contributed by atoms with Crippen molar-refractivity contribution >= 4 is 12.8 Å². The van der Waals surface area contributed by atoms with Gasteiger partial charge in [0.05, 0.1) is 0 Å². The van der Waals surface area contributed by atoms with Crippen molar-refractivity contribution in [2.45, 2.75) is 54.4 Å². The van der Waals surface area contributed by atoms with Crippen molar-refractivity contribution in [1.82, 2.24) is 9.80 Å². The molecule has 1 saturated heterocycles. The predicted molar refractivity (Wildman–Crippen MR) is 106 cm³/mol. The van der Waals surface area contributed by atoms with E-state index in [1.807, 2.05) is 32.6 Å². The van der Waals surface area contributed by atoms with E-state index >= 15 is 0 Å². The van der Waals surface area contributed by atoms with Crippen LogP contribution in [0.4, 0.5) is 0 Å². The van der Waals surface area contributed by atoms with Gasteiger partial charge in [0.15, 0.2) is 0 Å². The molecule has 0 aliphatic carbocycles. The van der Waals surface area contributed by atoms with Crippen LogP contribution in [0.1, 0.15) is 54.4 Å². The second kappa shape index (κ2) is 26.7. The molecule has 4 N–H and O–H groups in total. The molecule has 0 atom stereocenters. The number of hydrogen-bond donors (Lipinski definition) is 2. The maximum absolute atomic E-state index is 10.4. The standard InChI is InChI=1S/C9H17NO.C5H11NO.C2H6.2CH5N/c1-8(2)9-3-5-10(7-11)6-4-9;1-3-6(4-2)5-7;3*1-2/h7-9H,3-6H2,1-2H3;5H,3-4H2,1-2H3;1-2H3;2*2H2,1H3. The minimum atomic E-state index is 0.781. The van der Waals surface area contributed by atoms with Crippen molar-refractivity contribution in [1.29, 1.82) is 0 Å². The van der Waals surface area contributed by atoms with E-state index in [0.29, 0.717) is 0 Å². The van der Waals surface area contributed by atoms with Crippen LogP contribution in [0, 0.1) is 11.8 Å². The Morgan fingerprint density at radius 1 is 1.00 bits per heavy atom. The highest BCUT2D eigenvalue weighted by molar-refractivity contribution is 5.47. The van der Waals surface area contributed by atoms with Gasteiger partial charge in [0, 0.05) is 26.2 Å². The molecule has 0 spiro atoms. The zero-order valence-corrected chi connectivity index (χ0v) is 17.4. The lowest BCUT2D eigenvalue weighted by Gasteiger charge is -2.31. The van der Waals surface area contributed by atoms with Crippen molar-refractivity contribution < 1.29 is 9.59 Å². The second-order valence-corrected chi connectivity index (χ2v) is 5.05. The Labute approximate surface area is 150 Å². The van der Waals surface area contributed by atoms with E-state index in [2.05, 4.69) is 25.3 Å². The Bertz CT molecular complexity index is 227. The quantitative estimate of drug-likeness (QED) is 0.745.